The van der Waals surface area contributed by atoms with Gasteiger partial charge in [0.05, 0.1) is 17.1 Å². The Hall–Kier alpha value is -2.04. The number of amides is 1. The van der Waals surface area contributed by atoms with Crippen molar-refractivity contribution in [1.29, 1.82) is 0 Å². The lowest BCUT2D eigenvalue weighted by molar-refractivity contribution is -0.384. The lowest BCUT2D eigenvalue weighted by atomic mass is 9.92. The monoisotopic (exact) mass is 466 g/mol. The minimum Gasteiger partial charge on any atom is -0.443 e. The maximum absolute atomic E-state index is 13.4. The number of hydrogen-bond donors (Lipinski definition) is 1. The molecule has 0 bridgehead atoms. The summed E-state index contributed by atoms with van der Waals surface area (Å²) >= 11 is 0. The number of anilines is 1. The number of nitrogens with one attached hydrogen (secondary N) is 1. The quantitative estimate of drug-likeness (QED) is 0.380. The van der Waals surface area contributed by atoms with E-state index in [0.29, 0.717) is 6.54 Å². The van der Waals surface area contributed by atoms with E-state index in [2.05, 4.69) is 51.1 Å². The highest BCUT2D eigenvalue weighted by molar-refractivity contribution is 6.74. The molecule has 1 aromatic heterocycles. The molecule has 1 N–H and O–H groups in total. The van der Waals surface area contributed by atoms with Gasteiger partial charge in [0.1, 0.15) is 17.5 Å². The first-order valence-electron chi connectivity index (χ1n) is 11.0. The third-order valence-corrected chi connectivity index (χ3v) is 10.6. The van der Waals surface area contributed by atoms with E-state index in [9.17, 15) is 14.9 Å². The SMILES string of the molecule is C[C@H]1CNC[C@@H](N(C(=O)OC(C)(C)C)c2ccncc2[N+](=O)[O-])[C@@H]1O[Si](C)(C)C(C)(C)C. The molecule has 1 aromatic rings. The van der Waals surface area contributed by atoms with Gasteiger partial charge >= 0.3 is 11.8 Å². The van der Waals surface area contributed by atoms with E-state index in [0.717, 1.165) is 12.7 Å². The van der Waals surface area contributed by atoms with Crippen molar-refractivity contribution < 1.29 is 18.9 Å². The van der Waals surface area contributed by atoms with Crippen LogP contribution in [0.3, 0.4) is 0 Å². The van der Waals surface area contributed by atoms with Crippen molar-refractivity contribution in [2.45, 2.75) is 84.3 Å². The largest absolute Gasteiger partial charge is 0.443 e. The minimum atomic E-state index is -2.19. The number of ether oxygens (including phenoxy) is 1. The van der Waals surface area contributed by atoms with E-state index < -0.39 is 31.0 Å². The molecule has 9 nitrogen and oxygen atoms in total. The molecule has 1 aliphatic rings. The molecule has 1 saturated heterocycles. The first-order valence-corrected chi connectivity index (χ1v) is 13.9. The number of piperidine rings is 1. The van der Waals surface area contributed by atoms with Crippen molar-refractivity contribution >= 4 is 25.8 Å². The Labute approximate surface area is 192 Å². The van der Waals surface area contributed by atoms with Gasteiger partial charge < -0.3 is 14.5 Å². The Balaban J connectivity index is 2.60. The van der Waals surface area contributed by atoms with Crippen molar-refractivity contribution in [2.75, 3.05) is 18.0 Å². The van der Waals surface area contributed by atoms with E-state index in [-0.39, 0.29) is 28.4 Å². The number of nitrogens with zero attached hydrogens (tertiary/aromatic N) is 3. The summed E-state index contributed by atoms with van der Waals surface area (Å²) < 4.78 is 12.5. The van der Waals surface area contributed by atoms with E-state index in [1.54, 1.807) is 20.8 Å². The molecule has 2 rings (SSSR count). The Morgan fingerprint density at radius 3 is 2.41 bits per heavy atom. The molecule has 3 atom stereocenters. The molecular formula is C22H38N4O5Si. The van der Waals surface area contributed by atoms with Crippen LogP contribution in [-0.2, 0) is 9.16 Å². The Morgan fingerprint density at radius 1 is 1.25 bits per heavy atom. The summed E-state index contributed by atoms with van der Waals surface area (Å²) in [4.78, 5) is 30.0. The first-order chi connectivity index (χ1) is 14.5. The summed E-state index contributed by atoms with van der Waals surface area (Å²) in [6.45, 7) is 19.4. The fourth-order valence-electron chi connectivity index (χ4n) is 3.47. The molecular weight excluding hydrogens is 428 g/mol. The molecule has 0 unspecified atom stereocenters. The second-order valence-electron chi connectivity index (χ2n) is 11.0. The lowest BCUT2D eigenvalue weighted by Gasteiger charge is -2.48. The van der Waals surface area contributed by atoms with Crippen LogP contribution in [0.5, 0.6) is 0 Å². The Kier molecular flexibility index (Phi) is 7.73. The van der Waals surface area contributed by atoms with E-state index in [1.807, 2.05) is 0 Å². The number of aromatic nitrogens is 1. The molecule has 0 radical (unpaired) electrons. The molecule has 0 aromatic carbocycles. The van der Waals surface area contributed by atoms with Crippen LogP contribution < -0.4 is 10.2 Å². The maximum atomic E-state index is 13.4. The van der Waals surface area contributed by atoms with Gasteiger partial charge in [-0.3, -0.25) is 20.0 Å². The molecule has 0 aliphatic carbocycles. The number of pyridine rings is 1. The fourth-order valence-corrected chi connectivity index (χ4v) is 4.89. The second kappa shape index (κ2) is 9.44. The maximum Gasteiger partial charge on any atom is 0.415 e. The first kappa shape index (κ1) is 26.2. The zero-order valence-electron chi connectivity index (χ0n) is 20.8. The lowest BCUT2D eigenvalue weighted by Crippen LogP contribution is -2.63. The summed E-state index contributed by atoms with van der Waals surface area (Å²) in [7, 11) is -2.19. The number of hydrogen-bond acceptors (Lipinski definition) is 7. The zero-order chi connectivity index (χ0) is 24.5. The summed E-state index contributed by atoms with van der Waals surface area (Å²) in [6.07, 6.45) is 1.66. The van der Waals surface area contributed by atoms with Crippen molar-refractivity contribution in [3.8, 4) is 0 Å². The number of carbonyl (C=O) groups is 1. The predicted molar refractivity (Wildman–Crippen MR) is 127 cm³/mol. The van der Waals surface area contributed by atoms with Gasteiger partial charge in [0.25, 0.3) is 0 Å². The van der Waals surface area contributed by atoms with Crippen LogP contribution in [0.15, 0.2) is 18.5 Å². The molecule has 1 amide bonds. The number of rotatable bonds is 5. The van der Waals surface area contributed by atoms with Crippen molar-refractivity contribution in [1.82, 2.24) is 10.3 Å². The molecule has 1 fully saturated rings. The average Bonchev–Trinajstić information content (AvgIpc) is 2.62. The van der Waals surface area contributed by atoms with Gasteiger partial charge in [0.15, 0.2) is 8.32 Å². The Bertz CT molecular complexity index is 834. The normalized spacial score (nSPS) is 22.3. The number of nitro groups is 1. The third kappa shape index (κ3) is 6.05. The zero-order valence-corrected chi connectivity index (χ0v) is 21.8. The summed E-state index contributed by atoms with van der Waals surface area (Å²) in [6, 6.07) is 1.01. The van der Waals surface area contributed by atoms with Crippen molar-refractivity contribution in [3.63, 3.8) is 0 Å². The predicted octanol–water partition coefficient (Wildman–Crippen LogP) is 4.73. The van der Waals surface area contributed by atoms with Crippen LogP contribution in [-0.4, -0.2) is 55.2 Å². The van der Waals surface area contributed by atoms with Gasteiger partial charge in [-0.15, -0.1) is 0 Å². The van der Waals surface area contributed by atoms with E-state index in [4.69, 9.17) is 9.16 Å². The smallest absolute Gasteiger partial charge is 0.415 e. The topological polar surface area (TPSA) is 107 Å². The minimum absolute atomic E-state index is 0.0262. The van der Waals surface area contributed by atoms with Crippen LogP contribution in [0.4, 0.5) is 16.2 Å². The highest BCUT2D eigenvalue weighted by atomic mass is 28.4. The fraction of sp³-hybridized carbons (Fsp3) is 0.727. The summed E-state index contributed by atoms with van der Waals surface area (Å²) in [5.41, 5.74) is -0.854. The van der Waals surface area contributed by atoms with Gasteiger partial charge in [-0.25, -0.2) is 4.79 Å². The summed E-state index contributed by atoms with van der Waals surface area (Å²) in [5, 5.41) is 15.1. The molecule has 0 spiro atoms. The van der Waals surface area contributed by atoms with Gasteiger partial charge in [0.2, 0.25) is 0 Å². The molecule has 180 valence electrons. The van der Waals surface area contributed by atoms with Crippen LogP contribution in [0.1, 0.15) is 48.5 Å². The molecule has 2 heterocycles. The van der Waals surface area contributed by atoms with E-state index in [1.165, 1.54) is 17.2 Å². The molecule has 1 aliphatic heterocycles. The van der Waals surface area contributed by atoms with Gasteiger partial charge in [-0.05, 0) is 50.9 Å². The molecule has 10 heteroatoms. The van der Waals surface area contributed by atoms with Crippen LogP contribution in [0.2, 0.25) is 18.1 Å². The highest BCUT2D eigenvalue weighted by Crippen LogP contribution is 2.40. The number of carbonyl (C=O) groups excluding carboxylic acids is 1. The average molecular weight is 467 g/mol. The van der Waals surface area contributed by atoms with Crippen LogP contribution in [0.25, 0.3) is 0 Å². The van der Waals surface area contributed by atoms with Crippen molar-refractivity contribution in [2.24, 2.45) is 5.92 Å². The van der Waals surface area contributed by atoms with Crippen LogP contribution in [0, 0.1) is 16.0 Å². The van der Waals surface area contributed by atoms with Gasteiger partial charge in [-0.1, -0.05) is 27.7 Å². The second-order valence-corrected chi connectivity index (χ2v) is 15.8. The Morgan fingerprint density at radius 2 is 1.88 bits per heavy atom. The standard InChI is InChI=1S/C22H38N4O5Si/c1-15-12-24-14-18(19(15)31-32(8,9)22(5,6)7)25(20(27)30-21(2,3)4)16-10-11-23-13-17(16)26(28)29/h10-11,13,15,18-19,24H,12,14H2,1-9H3/t15-,18+,19+/m0/s1. The highest BCUT2D eigenvalue weighted by Gasteiger charge is 2.47. The third-order valence-electron chi connectivity index (χ3n) is 6.15. The molecule has 0 saturated carbocycles. The van der Waals surface area contributed by atoms with Gasteiger partial charge in [0, 0.05) is 19.3 Å². The van der Waals surface area contributed by atoms with Gasteiger partial charge in [-0.2, -0.15) is 0 Å². The van der Waals surface area contributed by atoms with E-state index >= 15 is 0 Å². The van der Waals surface area contributed by atoms with Crippen molar-refractivity contribution in [3.05, 3.63) is 28.6 Å². The van der Waals surface area contributed by atoms with Crippen LogP contribution >= 0.6 is 0 Å². The summed E-state index contributed by atoms with van der Waals surface area (Å²) in [5.74, 6) is 0.0914. The molecule has 32 heavy (non-hydrogen) atoms.